The van der Waals surface area contributed by atoms with E-state index in [1.165, 1.54) is 11.1 Å². The molecule has 0 bridgehead atoms. The zero-order valence-corrected chi connectivity index (χ0v) is 14.4. The van der Waals surface area contributed by atoms with E-state index in [4.69, 9.17) is 4.99 Å². The third kappa shape index (κ3) is 3.48. The first-order valence-corrected chi connectivity index (χ1v) is 8.45. The van der Waals surface area contributed by atoms with Crippen LogP contribution in [0.4, 0.5) is 5.69 Å². The van der Waals surface area contributed by atoms with Crippen LogP contribution in [0.25, 0.3) is 5.57 Å². The first-order valence-electron chi connectivity index (χ1n) is 8.45. The molecular formula is C20H24N4. The highest BCUT2D eigenvalue weighted by Crippen LogP contribution is 2.28. The van der Waals surface area contributed by atoms with Gasteiger partial charge in [-0.3, -0.25) is 4.99 Å². The highest BCUT2D eigenvalue weighted by atomic mass is 15.1. The predicted octanol–water partition coefficient (Wildman–Crippen LogP) is 3.94. The maximum atomic E-state index is 4.71. The Labute approximate surface area is 143 Å². The lowest BCUT2D eigenvalue weighted by molar-refractivity contribution is 0.879. The number of allylic oxidation sites excluding steroid dienone is 2. The van der Waals surface area contributed by atoms with Crippen molar-refractivity contribution in [3.63, 3.8) is 0 Å². The Bertz CT molecular complexity index is 766. The van der Waals surface area contributed by atoms with Crippen LogP contribution in [0.1, 0.15) is 30.9 Å². The van der Waals surface area contributed by atoms with Crippen molar-refractivity contribution in [1.29, 1.82) is 0 Å². The smallest absolute Gasteiger partial charge is 0.149 e. The van der Waals surface area contributed by atoms with Gasteiger partial charge in [0.15, 0.2) is 0 Å². The lowest BCUT2D eigenvalue weighted by Gasteiger charge is -2.09. The number of hydrogen-bond acceptors (Lipinski definition) is 3. The molecule has 0 saturated carbocycles. The van der Waals surface area contributed by atoms with Crippen molar-refractivity contribution in [2.45, 2.75) is 26.2 Å². The second-order valence-electron chi connectivity index (χ2n) is 5.97. The third-order valence-electron chi connectivity index (χ3n) is 4.34. The zero-order chi connectivity index (χ0) is 16.9. The number of hydrogen-bond donors (Lipinski definition) is 2. The van der Waals surface area contributed by atoms with Gasteiger partial charge in [0.1, 0.15) is 11.7 Å². The number of aliphatic imine (C=N–C) groups is 2. The van der Waals surface area contributed by atoms with Crippen LogP contribution in [0.2, 0.25) is 0 Å². The van der Waals surface area contributed by atoms with Gasteiger partial charge in [0.05, 0.1) is 0 Å². The Balaban J connectivity index is 1.81. The molecule has 1 aromatic carbocycles. The molecule has 0 radical (unpaired) electrons. The first kappa shape index (κ1) is 16.2. The molecule has 0 amide bonds. The minimum Gasteiger partial charge on any atom is -0.393 e. The largest absolute Gasteiger partial charge is 0.393 e. The Kier molecular flexibility index (Phi) is 4.94. The molecule has 24 heavy (non-hydrogen) atoms. The molecule has 4 nitrogen and oxygen atoms in total. The average molecular weight is 320 g/mol. The molecule has 0 spiro atoms. The first-order chi connectivity index (χ1) is 11.7. The SMILES string of the molecule is C=C/C(=C\NC)c1ccc2c(c1)CC(=NC1=NCCC(CC)=C1)N2. The summed E-state index contributed by atoms with van der Waals surface area (Å²) in [5, 5.41) is 6.47. The summed E-state index contributed by atoms with van der Waals surface area (Å²) in [6.07, 6.45) is 8.88. The molecule has 0 unspecified atom stereocenters. The summed E-state index contributed by atoms with van der Waals surface area (Å²) in [4.78, 5) is 9.23. The van der Waals surface area contributed by atoms with Gasteiger partial charge in [-0.05, 0) is 47.8 Å². The average Bonchev–Trinajstić information content (AvgIpc) is 3.01. The lowest BCUT2D eigenvalue weighted by Crippen LogP contribution is -2.11. The summed E-state index contributed by atoms with van der Waals surface area (Å²) in [7, 11) is 1.89. The molecular weight excluding hydrogens is 296 g/mol. The van der Waals surface area contributed by atoms with Crippen molar-refractivity contribution in [3.05, 3.63) is 59.8 Å². The molecule has 0 fully saturated rings. The van der Waals surface area contributed by atoms with Crippen LogP contribution in [0.5, 0.6) is 0 Å². The fraction of sp³-hybridized carbons (Fsp3) is 0.300. The van der Waals surface area contributed by atoms with Crippen molar-refractivity contribution < 1.29 is 0 Å². The normalized spacial score (nSPS) is 18.6. The van der Waals surface area contributed by atoms with Crippen molar-refractivity contribution in [1.82, 2.24) is 5.32 Å². The fourth-order valence-electron chi connectivity index (χ4n) is 3.00. The number of amidine groups is 2. The molecule has 1 aromatic rings. The molecule has 124 valence electrons. The van der Waals surface area contributed by atoms with Crippen LogP contribution in [0.15, 0.2) is 58.7 Å². The predicted molar refractivity (Wildman–Crippen MR) is 104 cm³/mol. The van der Waals surface area contributed by atoms with Gasteiger partial charge in [-0.15, -0.1) is 0 Å². The molecule has 0 saturated heterocycles. The Morgan fingerprint density at radius 1 is 1.46 bits per heavy atom. The second kappa shape index (κ2) is 7.30. The molecule has 3 rings (SSSR count). The van der Waals surface area contributed by atoms with Gasteiger partial charge in [-0.1, -0.05) is 31.2 Å². The fourth-order valence-corrected chi connectivity index (χ4v) is 3.00. The highest BCUT2D eigenvalue weighted by Gasteiger charge is 2.18. The standard InChI is InChI=1S/C20H24N4/c1-4-14-8-9-22-19(10-14)24-20-12-17-11-16(6-7-18(17)23-20)15(5-2)13-21-3/h5-7,10-11,13,21H,2,4,8-9,12H2,1,3H3,(H,22,23,24)/b15-13+. The molecule has 2 N–H and O–H groups in total. The summed E-state index contributed by atoms with van der Waals surface area (Å²) in [6, 6.07) is 6.41. The molecule has 2 aliphatic heterocycles. The van der Waals surface area contributed by atoms with E-state index in [2.05, 4.69) is 53.4 Å². The Hall–Kier alpha value is -2.62. The molecule has 0 aliphatic carbocycles. The zero-order valence-electron chi connectivity index (χ0n) is 14.4. The van der Waals surface area contributed by atoms with E-state index in [0.717, 1.165) is 54.3 Å². The minimum absolute atomic E-state index is 0.807. The van der Waals surface area contributed by atoms with E-state index >= 15 is 0 Å². The van der Waals surface area contributed by atoms with Crippen LogP contribution in [-0.4, -0.2) is 25.3 Å². The third-order valence-corrected chi connectivity index (χ3v) is 4.34. The van der Waals surface area contributed by atoms with E-state index in [-0.39, 0.29) is 0 Å². The van der Waals surface area contributed by atoms with E-state index in [1.807, 2.05) is 19.3 Å². The van der Waals surface area contributed by atoms with Crippen LogP contribution in [0.3, 0.4) is 0 Å². The Morgan fingerprint density at radius 3 is 3.08 bits per heavy atom. The van der Waals surface area contributed by atoms with Gasteiger partial charge >= 0.3 is 0 Å². The molecule has 4 heteroatoms. The maximum absolute atomic E-state index is 4.71. The topological polar surface area (TPSA) is 48.8 Å². The number of fused-ring (bicyclic) bond motifs is 1. The summed E-state index contributed by atoms with van der Waals surface area (Å²) in [5.74, 6) is 1.81. The summed E-state index contributed by atoms with van der Waals surface area (Å²) in [6.45, 7) is 6.92. The van der Waals surface area contributed by atoms with Crippen molar-refractivity contribution in [3.8, 4) is 0 Å². The summed E-state index contributed by atoms with van der Waals surface area (Å²) < 4.78 is 0. The molecule has 2 aliphatic rings. The maximum Gasteiger partial charge on any atom is 0.149 e. The van der Waals surface area contributed by atoms with Gasteiger partial charge in [0.2, 0.25) is 0 Å². The quantitative estimate of drug-likeness (QED) is 0.826. The van der Waals surface area contributed by atoms with Crippen LogP contribution >= 0.6 is 0 Å². The van der Waals surface area contributed by atoms with E-state index in [9.17, 15) is 0 Å². The van der Waals surface area contributed by atoms with Crippen molar-refractivity contribution >= 4 is 22.9 Å². The van der Waals surface area contributed by atoms with Crippen molar-refractivity contribution in [2.24, 2.45) is 9.98 Å². The van der Waals surface area contributed by atoms with Gasteiger partial charge in [-0.25, -0.2) is 4.99 Å². The minimum atomic E-state index is 0.807. The number of nitrogens with zero attached hydrogens (tertiary/aromatic N) is 2. The summed E-state index contributed by atoms with van der Waals surface area (Å²) >= 11 is 0. The van der Waals surface area contributed by atoms with Gasteiger partial charge in [0, 0.05) is 31.9 Å². The van der Waals surface area contributed by atoms with E-state index in [1.54, 1.807) is 0 Å². The molecule has 2 heterocycles. The van der Waals surface area contributed by atoms with E-state index in [0.29, 0.717) is 0 Å². The monoisotopic (exact) mass is 320 g/mol. The number of nitrogens with one attached hydrogen (secondary N) is 2. The summed E-state index contributed by atoms with van der Waals surface area (Å²) in [5.41, 5.74) is 6.05. The van der Waals surface area contributed by atoms with Crippen molar-refractivity contribution in [2.75, 3.05) is 18.9 Å². The second-order valence-corrected chi connectivity index (χ2v) is 5.97. The number of anilines is 1. The van der Waals surface area contributed by atoms with Gasteiger partial charge in [0.25, 0.3) is 0 Å². The lowest BCUT2D eigenvalue weighted by atomic mass is 10.0. The van der Waals surface area contributed by atoms with Crippen LogP contribution in [0, 0.1) is 0 Å². The number of rotatable bonds is 4. The molecule has 0 aromatic heterocycles. The Morgan fingerprint density at radius 2 is 2.33 bits per heavy atom. The van der Waals surface area contributed by atoms with Gasteiger partial charge < -0.3 is 10.6 Å². The number of benzene rings is 1. The molecule has 0 atom stereocenters. The van der Waals surface area contributed by atoms with Crippen LogP contribution in [-0.2, 0) is 6.42 Å². The van der Waals surface area contributed by atoms with Gasteiger partial charge in [-0.2, -0.15) is 0 Å². The number of dihydropyridines is 1. The van der Waals surface area contributed by atoms with Crippen LogP contribution < -0.4 is 10.6 Å². The van der Waals surface area contributed by atoms with E-state index < -0.39 is 0 Å². The highest BCUT2D eigenvalue weighted by molar-refractivity contribution is 6.11.